The van der Waals surface area contributed by atoms with Crippen LogP contribution in [0.25, 0.3) is 5.82 Å². The van der Waals surface area contributed by atoms with E-state index in [0.29, 0.717) is 16.6 Å². The molecule has 0 saturated heterocycles. The Kier molecular flexibility index (Phi) is 3.70. The lowest BCUT2D eigenvalue weighted by Gasteiger charge is -2.12. The molecule has 2 aromatic heterocycles. The van der Waals surface area contributed by atoms with Crippen molar-refractivity contribution in [3.8, 4) is 5.82 Å². The molecule has 0 spiro atoms. The Bertz CT molecular complexity index is 765. The fourth-order valence-corrected chi connectivity index (χ4v) is 2.41. The van der Waals surface area contributed by atoms with E-state index in [9.17, 15) is 13.2 Å². The topological polar surface area (TPSA) is 52.3 Å². The van der Waals surface area contributed by atoms with Crippen molar-refractivity contribution in [3.05, 3.63) is 40.3 Å². The van der Waals surface area contributed by atoms with E-state index < -0.39 is 17.5 Å². The maximum atomic E-state index is 13.3. The van der Waals surface area contributed by atoms with Gasteiger partial charge in [-0.3, -0.25) is 0 Å². The van der Waals surface area contributed by atoms with Crippen LogP contribution >= 0.6 is 15.9 Å². The average molecular weight is 389 g/mol. The molecule has 0 saturated carbocycles. The Morgan fingerprint density at radius 1 is 1.30 bits per heavy atom. The molecule has 1 aliphatic heterocycles. The van der Waals surface area contributed by atoms with Crippen LogP contribution < -0.4 is 0 Å². The number of pyridine rings is 1. The van der Waals surface area contributed by atoms with E-state index in [4.69, 9.17) is 4.84 Å². The predicted octanol–water partition coefficient (Wildman–Crippen LogP) is 3.95. The SMILES string of the molecule is CC1(C)CC(c2cc(C(F)(F)F)n(-c3ccc(Br)cn3)n2)=NO1. The first-order valence-electron chi connectivity index (χ1n) is 6.70. The van der Waals surface area contributed by atoms with Gasteiger partial charge in [-0.2, -0.15) is 18.3 Å². The molecule has 122 valence electrons. The average Bonchev–Trinajstić information content (AvgIpc) is 3.02. The van der Waals surface area contributed by atoms with Crippen LogP contribution in [0.4, 0.5) is 13.2 Å². The molecule has 0 unspecified atom stereocenters. The van der Waals surface area contributed by atoms with Crippen LogP contribution in [0.1, 0.15) is 31.7 Å². The summed E-state index contributed by atoms with van der Waals surface area (Å²) in [6.07, 6.45) is -2.76. The van der Waals surface area contributed by atoms with Gasteiger partial charge in [-0.25, -0.2) is 9.67 Å². The van der Waals surface area contributed by atoms with Gasteiger partial charge in [0.25, 0.3) is 0 Å². The molecule has 5 nitrogen and oxygen atoms in total. The number of rotatable bonds is 2. The van der Waals surface area contributed by atoms with E-state index in [1.54, 1.807) is 19.9 Å². The molecule has 0 aliphatic carbocycles. The molecule has 0 amide bonds. The van der Waals surface area contributed by atoms with Gasteiger partial charge >= 0.3 is 6.18 Å². The maximum absolute atomic E-state index is 13.3. The Morgan fingerprint density at radius 3 is 2.57 bits per heavy atom. The summed E-state index contributed by atoms with van der Waals surface area (Å²) in [6, 6.07) is 4.02. The smallest absolute Gasteiger partial charge is 0.389 e. The number of nitrogens with zero attached hydrogens (tertiary/aromatic N) is 4. The highest BCUT2D eigenvalue weighted by Crippen LogP contribution is 2.33. The fraction of sp³-hybridized carbons (Fsp3) is 0.357. The lowest BCUT2D eigenvalue weighted by atomic mass is 10.0. The zero-order chi connectivity index (χ0) is 16.8. The molecule has 0 fully saturated rings. The molecule has 0 atom stereocenters. The van der Waals surface area contributed by atoms with Crippen molar-refractivity contribution in [2.24, 2.45) is 5.16 Å². The molecule has 23 heavy (non-hydrogen) atoms. The van der Waals surface area contributed by atoms with Gasteiger partial charge in [0.2, 0.25) is 0 Å². The zero-order valence-electron chi connectivity index (χ0n) is 12.2. The minimum absolute atomic E-state index is 0.0746. The van der Waals surface area contributed by atoms with E-state index in [-0.39, 0.29) is 11.5 Å². The van der Waals surface area contributed by atoms with Gasteiger partial charge in [0, 0.05) is 17.1 Å². The molecular formula is C14H12BrF3N4O. The van der Waals surface area contributed by atoms with Crippen LogP contribution in [0.5, 0.6) is 0 Å². The van der Waals surface area contributed by atoms with Crippen molar-refractivity contribution in [1.29, 1.82) is 0 Å². The first-order valence-corrected chi connectivity index (χ1v) is 7.50. The lowest BCUT2D eigenvalue weighted by Crippen LogP contribution is -2.19. The molecule has 0 N–H and O–H groups in total. The summed E-state index contributed by atoms with van der Waals surface area (Å²) in [5, 5.41) is 7.88. The van der Waals surface area contributed by atoms with Crippen LogP contribution in [-0.4, -0.2) is 26.1 Å². The number of halogens is 4. The molecule has 3 rings (SSSR count). The van der Waals surface area contributed by atoms with E-state index in [1.165, 1.54) is 12.3 Å². The monoisotopic (exact) mass is 388 g/mol. The van der Waals surface area contributed by atoms with Gasteiger partial charge < -0.3 is 4.84 Å². The number of oxime groups is 1. The first kappa shape index (κ1) is 16.0. The summed E-state index contributed by atoms with van der Waals surface area (Å²) in [7, 11) is 0. The molecule has 9 heteroatoms. The molecule has 3 heterocycles. The minimum atomic E-state index is -4.56. The van der Waals surface area contributed by atoms with Crippen LogP contribution in [-0.2, 0) is 11.0 Å². The lowest BCUT2D eigenvalue weighted by molar-refractivity contribution is -0.142. The summed E-state index contributed by atoms with van der Waals surface area (Å²) < 4.78 is 41.3. The molecule has 2 aromatic rings. The third-order valence-corrected chi connectivity index (χ3v) is 3.69. The molecule has 0 aromatic carbocycles. The van der Waals surface area contributed by atoms with E-state index in [1.807, 2.05) is 0 Å². The summed E-state index contributed by atoms with van der Waals surface area (Å²) in [5.74, 6) is 0.0746. The van der Waals surface area contributed by atoms with Gasteiger partial charge in [-0.05, 0) is 48.0 Å². The second kappa shape index (κ2) is 5.33. The molecule has 1 aliphatic rings. The minimum Gasteiger partial charge on any atom is -0.389 e. The molecular weight excluding hydrogens is 377 g/mol. The number of alkyl halides is 3. The summed E-state index contributed by atoms with van der Waals surface area (Å²) >= 11 is 3.20. The van der Waals surface area contributed by atoms with Gasteiger partial charge in [-0.1, -0.05) is 5.16 Å². The van der Waals surface area contributed by atoms with Crippen molar-refractivity contribution < 1.29 is 18.0 Å². The number of hydrogen-bond donors (Lipinski definition) is 0. The Hall–Kier alpha value is -1.90. The fourth-order valence-electron chi connectivity index (χ4n) is 2.18. The van der Waals surface area contributed by atoms with Crippen molar-refractivity contribution in [3.63, 3.8) is 0 Å². The second-order valence-electron chi connectivity index (χ2n) is 5.72. The predicted molar refractivity (Wildman–Crippen MR) is 80.4 cm³/mol. The number of hydrogen-bond acceptors (Lipinski definition) is 4. The highest BCUT2D eigenvalue weighted by molar-refractivity contribution is 9.10. The van der Waals surface area contributed by atoms with E-state index >= 15 is 0 Å². The zero-order valence-corrected chi connectivity index (χ0v) is 13.8. The second-order valence-corrected chi connectivity index (χ2v) is 6.64. The van der Waals surface area contributed by atoms with E-state index in [2.05, 4.69) is 31.2 Å². The van der Waals surface area contributed by atoms with Crippen molar-refractivity contribution in [2.75, 3.05) is 0 Å². The summed E-state index contributed by atoms with van der Waals surface area (Å²) in [6.45, 7) is 3.61. The van der Waals surface area contributed by atoms with Gasteiger partial charge in [0.15, 0.2) is 11.5 Å². The summed E-state index contributed by atoms with van der Waals surface area (Å²) in [5.41, 5.74) is -0.938. The quantitative estimate of drug-likeness (QED) is 0.782. The van der Waals surface area contributed by atoms with Gasteiger partial charge in [0.1, 0.15) is 17.0 Å². The third kappa shape index (κ3) is 3.24. The Labute approximate surface area is 138 Å². The van der Waals surface area contributed by atoms with Crippen molar-refractivity contribution in [2.45, 2.75) is 32.0 Å². The standard InChI is InChI=1S/C14H12BrF3N4O/c1-13(2)6-10(21-23-13)9-5-11(14(16,17)18)22(20-9)12-4-3-8(15)7-19-12/h3-5,7H,6H2,1-2H3. The molecule has 0 bridgehead atoms. The third-order valence-electron chi connectivity index (χ3n) is 3.22. The van der Waals surface area contributed by atoms with Gasteiger partial charge in [0.05, 0.1) is 0 Å². The van der Waals surface area contributed by atoms with Crippen LogP contribution in [0, 0.1) is 0 Å². The van der Waals surface area contributed by atoms with Gasteiger partial charge in [-0.15, -0.1) is 0 Å². The highest BCUT2D eigenvalue weighted by Gasteiger charge is 2.39. The Morgan fingerprint density at radius 2 is 2.04 bits per heavy atom. The summed E-state index contributed by atoms with van der Waals surface area (Å²) in [4.78, 5) is 9.17. The van der Waals surface area contributed by atoms with Crippen LogP contribution in [0.3, 0.4) is 0 Å². The first-order chi connectivity index (χ1) is 10.7. The number of aromatic nitrogens is 3. The van der Waals surface area contributed by atoms with Crippen LogP contribution in [0.2, 0.25) is 0 Å². The highest BCUT2D eigenvalue weighted by atomic mass is 79.9. The van der Waals surface area contributed by atoms with E-state index in [0.717, 1.165) is 10.7 Å². The normalized spacial score (nSPS) is 17.0. The largest absolute Gasteiger partial charge is 0.433 e. The maximum Gasteiger partial charge on any atom is 0.433 e. The molecule has 0 radical (unpaired) electrons. The van der Waals surface area contributed by atoms with Crippen molar-refractivity contribution in [1.82, 2.24) is 14.8 Å². The van der Waals surface area contributed by atoms with Crippen LogP contribution in [0.15, 0.2) is 34.0 Å². The Balaban J connectivity index is 2.07. The van der Waals surface area contributed by atoms with Crippen molar-refractivity contribution >= 4 is 21.6 Å².